The minimum Gasteiger partial charge on any atom is -0.334 e. The number of hydrogen-bond acceptors (Lipinski definition) is 4. The van der Waals surface area contributed by atoms with Crippen molar-refractivity contribution in [3.05, 3.63) is 28.2 Å². The molecular formula is C11H16N4O2. The van der Waals surface area contributed by atoms with Crippen LogP contribution in [-0.4, -0.2) is 39.6 Å². The molecule has 2 atom stereocenters. The smallest absolute Gasteiger partial charge is 0.274 e. The van der Waals surface area contributed by atoms with Gasteiger partial charge in [-0.25, -0.2) is 5.10 Å². The molecule has 2 unspecified atom stereocenters. The zero-order valence-corrected chi connectivity index (χ0v) is 9.72. The predicted octanol–water partition coefficient (Wildman–Crippen LogP) is -0.278. The van der Waals surface area contributed by atoms with Gasteiger partial charge in [-0.2, -0.15) is 5.10 Å². The Balaban J connectivity index is 2.14. The van der Waals surface area contributed by atoms with Crippen LogP contribution in [0.3, 0.4) is 0 Å². The van der Waals surface area contributed by atoms with E-state index < -0.39 is 0 Å². The molecule has 6 nitrogen and oxygen atoms in total. The zero-order valence-electron chi connectivity index (χ0n) is 9.72. The Bertz CT molecular complexity index is 450. The average Bonchev–Trinajstić information content (AvgIpc) is 2.29. The number of amides is 1. The Kier molecular flexibility index (Phi) is 3.23. The van der Waals surface area contributed by atoms with Gasteiger partial charge in [0, 0.05) is 24.7 Å². The molecular weight excluding hydrogens is 220 g/mol. The van der Waals surface area contributed by atoms with E-state index in [0.717, 1.165) is 12.8 Å². The van der Waals surface area contributed by atoms with Crippen molar-refractivity contribution in [3.8, 4) is 0 Å². The quantitative estimate of drug-likeness (QED) is 0.701. The number of carbonyl (C=O) groups is 1. The van der Waals surface area contributed by atoms with Crippen LogP contribution in [0.5, 0.6) is 0 Å². The first-order chi connectivity index (χ1) is 8.08. The third-order valence-corrected chi connectivity index (χ3v) is 3.08. The molecule has 0 saturated carbocycles. The lowest BCUT2D eigenvalue weighted by Gasteiger charge is -2.36. The molecule has 1 aromatic rings. The van der Waals surface area contributed by atoms with E-state index in [4.69, 9.17) is 5.73 Å². The summed E-state index contributed by atoms with van der Waals surface area (Å²) in [5.41, 5.74) is 5.81. The average molecular weight is 236 g/mol. The second kappa shape index (κ2) is 4.67. The number of rotatable bonds is 1. The first kappa shape index (κ1) is 11.8. The summed E-state index contributed by atoms with van der Waals surface area (Å²) in [7, 11) is 0. The van der Waals surface area contributed by atoms with Crippen molar-refractivity contribution in [2.75, 3.05) is 6.54 Å². The third-order valence-electron chi connectivity index (χ3n) is 3.08. The molecule has 0 spiro atoms. The number of carbonyl (C=O) groups excluding carboxylic acids is 1. The van der Waals surface area contributed by atoms with Gasteiger partial charge in [0.25, 0.3) is 11.5 Å². The Morgan fingerprint density at radius 1 is 1.59 bits per heavy atom. The summed E-state index contributed by atoms with van der Waals surface area (Å²) in [6.45, 7) is 2.62. The first-order valence-electron chi connectivity index (χ1n) is 5.70. The second-order valence-corrected chi connectivity index (χ2v) is 4.44. The van der Waals surface area contributed by atoms with Crippen molar-refractivity contribution in [3.63, 3.8) is 0 Å². The molecule has 17 heavy (non-hydrogen) atoms. The minimum absolute atomic E-state index is 0.111. The monoisotopic (exact) mass is 236 g/mol. The van der Waals surface area contributed by atoms with E-state index in [1.165, 1.54) is 12.1 Å². The summed E-state index contributed by atoms with van der Waals surface area (Å²) in [4.78, 5) is 24.8. The van der Waals surface area contributed by atoms with E-state index in [9.17, 15) is 9.59 Å². The summed E-state index contributed by atoms with van der Waals surface area (Å²) < 4.78 is 0. The molecule has 0 aromatic carbocycles. The van der Waals surface area contributed by atoms with Crippen LogP contribution in [0, 0.1) is 0 Å². The summed E-state index contributed by atoms with van der Waals surface area (Å²) >= 11 is 0. The summed E-state index contributed by atoms with van der Waals surface area (Å²) in [5, 5.41) is 6.01. The van der Waals surface area contributed by atoms with Crippen LogP contribution in [0.15, 0.2) is 16.9 Å². The van der Waals surface area contributed by atoms with Crippen LogP contribution in [0.2, 0.25) is 0 Å². The van der Waals surface area contributed by atoms with Crippen LogP contribution < -0.4 is 11.3 Å². The largest absolute Gasteiger partial charge is 0.334 e. The lowest BCUT2D eigenvalue weighted by Crippen LogP contribution is -2.48. The number of nitrogens with two attached hydrogens (primary N) is 1. The predicted molar refractivity (Wildman–Crippen MR) is 62.6 cm³/mol. The van der Waals surface area contributed by atoms with Crippen molar-refractivity contribution >= 4 is 5.91 Å². The van der Waals surface area contributed by atoms with Gasteiger partial charge >= 0.3 is 0 Å². The highest BCUT2D eigenvalue weighted by atomic mass is 16.2. The van der Waals surface area contributed by atoms with E-state index >= 15 is 0 Å². The minimum atomic E-state index is -0.310. The molecule has 92 valence electrons. The molecule has 1 aliphatic rings. The van der Waals surface area contributed by atoms with Crippen LogP contribution >= 0.6 is 0 Å². The van der Waals surface area contributed by atoms with Crippen molar-refractivity contribution in [1.29, 1.82) is 0 Å². The van der Waals surface area contributed by atoms with E-state index in [1.807, 2.05) is 6.92 Å². The Labute approximate surface area is 98.8 Å². The highest BCUT2D eigenvalue weighted by Crippen LogP contribution is 2.17. The number of nitrogens with zero attached hydrogens (tertiary/aromatic N) is 2. The molecule has 1 fully saturated rings. The highest BCUT2D eigenvalue weighted by molar-refractivity contribution is 5.92. The van der Waals surface area contributed by atoms with Crippen LogP contribution in [0.4, 0.5) is 0 Å². The van der Waals surface area contributed by atoms with Crippen molar-refractivity contribution in [1.82, 2.24) is 15.1 Å². The van der Waals surface area contributed by atoms with E-state index in [1.54, 1.807) is 4.90 Å². The summed E-state index contributed by atoms with van der Waals surface area (Å²) in [5.74, 6) is -0.152. The number of hydrogen-bond donors (Lipinski definition) is 2. The molecule has 6 heteroatoms. The maximum absolute atomic E-state index is 12.1. The van der Waals surface area contributed by atoms with Gasteiger partial charge in [-0.1, -0.05) is 0 Å². The molecule has 0 radical (unpaired) electrons. The maximum Gasteiger partial charge on any atom is 0.274 e. The first-order valence-corrected chi connectivity index (χ1v) is 5.70. The van der Waals surface area contributed by atoms with E-state index in [2.05, 4.69) is 10.2 Å². The Morgan fingerprint density at radius 2 is 2.35 bits per heavy atom. The van der Waals surface area contributed by atoms with Crippen molar-refractivity contribution in [2.45, 2.75) is 31.8 Å². The van der Waals surface area contributed by atoms with Crippen molar-refractivity contribution < 1.29 is 4.79 Å². The maximum atomic E-state index is 12.1. The van der Waals surface area contributed by atoms with Gasteiger partial charge in [-0.3, -0.25) is 9.59 Å². The third kappa shape index (κ3) is 2.52. The van der Waals surface area contributed by atoms with Gasteiger partial charge in [-0.05, 0) is 25.8 Å². The Morgan fingerprint density at radius 3 is 2.94 bits per heavy atom. The zero-order chi connectivity index (χ0) is 12.4. The second-order valence-electron chi connectivity index (χ2n) is 4.44. The number of nitrogens with one attached hydrogen (secondary N) is 1. The number of likely N-dealkylation sites (tertiary alicyclic amines) is 1. The van der Waals surface area contributed by atoms with Gasteiger partial charge < -0.3 is 10.6 Å². The van der Waals surface area contributed by atoms with Crippen molar-refractivity contribution in [2.24, 2.45) is 5.73 Å². The number of piperidine rings is 1. The molecule has 1 aromatic heterocycles. The number of aromatic nitrogens is 2. The van der Waals surface area contributed by atoms with E-state index in [-0.39, 0.29) is 29.2 Å². The Hall–Kier alpha value is -1.69. The van der Waals surface area contributed by atoms with Gasteiger partial charge in [0.05, 0.1) is 0 Å². The van der Waals surface area contributed by atoms with Crippen LogP contribution in [0.1, 0.15) is 30.3 Å². The van der Waals surface area contributed by atoms with Crippen LogP contribution in [-0.2, 0) is 0 Å². The molecule has 2 heterocycles. The SMILES string of the molecule is CC1CC(N)CCN1C(=O)c1ccc(=O)[nH]n1. The fourth-order valence-electron chi connectivity index (χ4n) is 2.12. The summed E-state index contributed by atoms with van der Waals surface area (Å²) in [6, 6.07) is 3.03. The topological polar surface area (TPSA) is 92.1 Å². The van der Waals surface area contributed by atoms with E-state index in [0.29, 0.717) is 6.54 Å². The number of H-pyrrole nitrogens is 1. The molecule has 1 aliphatic heterocycles. The molecule has 2 rings (SSSR count). The highest BCUT2D eigenvalue weighted by Gasteiger charge is 2.28. The lowest BCUT2D eigenvalue weighted by molar-refractivity contribution is 0.0611. The van der Waals surface area contributed by atoms with Gasteiger partial charge in [-0.15, -0.1) is 0 Å². The fourth-order valence-corrected chi connectivity index (χ4v) is 2.12. The molecule has 0 bridgehead atoms. The number of aromatic amines is 1. The van der Waals surface area contributed by atoms with Crippen LogP contribution in [0.25, 0.3) is 0 Å². The molecule has 3 N–H and O–H groups in total. The normalized spacial score (nSPS) is 24.7. The van der Waals surface area contributed by atoms with Gasteiger partial charge in [0.2, 0.25) is 0 Å². The van der Waals surface area contributed by atoms with Gasteiger partial charge in [0.1, 0.15) is 5.69 Å². The fraction of sp³-hybridized carbons (Fsp3) is 0.545. The molecule has 1 saturated heterocycles. The van der Waals surface area contributed by atoms with Gasteiger partial charge in [0.15, 0.2) is 0 Å². The standard InChI is InChI=1S/C11H16N4O2/c1-7-6-8(12)4-5-15(7)11(17)9-2-3-10(16)14-13-9/h2-3,7-8H,4-6,12H2,1H3,(H,14,16). The lowest BCUT2D eigenvalue weighted by atomic mass is 9.99. The molecule has 1 amide bonds. The molecule has 0 aliphatic carbocycles. The summed E-state index contributed by atoms with van der Waals surface area (Å²) in [6.07, 6.45) is 1.61.